The van der Waals surface area contributed by atoms with Gasteiger partial charge in [-0.3, -0.25) is 4.79 Å². The van der Waals surface area contributed by atoms with E-state index < -0.39 is 6.04 Å². The first-order chi connectivity index (χ1) is 7.67. The van der Waals surface area contributed by atoms with Crippen molar-refractivity contribution >= 4 is 11.6 Å². The normalized spacial score (nSPS) is 12.2. The van der Waals surface area contributed by atoms with Crippen LogP contribution in [-0.2, 0) is 11.2 Å². The molecule has 1 rings (SSSR count). The van der Waals surface area contributed by atoms with Crippen molar-refractivity contribution in [2.24, 2.45) is 5.73 Å². The number of hydrogen-bond acceptors (Lipinski definition) is 2. The number of carbonyl (C=O) groups excluding carboxylic acids is 1. The van der Waals surface area contributed by atoms with E-state index in [9.17, 15) is 4.79 Å². The minimum atomic E-state index is -0.407. The third-order valence-corrected chi connectivity index (χ3v) is 2.57. The molecule has 3 nitrogen and oxygen atoms in total. The lowest BCUT2D eigenvalue weighted by molar-refractivity contribution is -0.117. The highest BCUT2D eigenvalue weighted by molar-refractivity contribution is 5.94. The lowest BCUT2D eigenvalue weighted by Gasteiger charge is -2.11. The van der Waals surface area contributed by atoms with Gasteiger partial charge in [0.25, 0.3) is 0 Å². The number of anilines is 1. The predicted octanol–water partition coefficient (Wildman–Crippen LogP) is 2.31. The Bertz CT molecular complexity index is 332. The number of aryl methyl sites for hydroxylation is 1. The van der Waals surface area contributed by atoms with Crippen LogP contribution in [0.5, 0.6) is 0 Å². The number of nitrogens with two attached hydrogens (primary N) is 1. The number of rotatable bonds is 5. The van der Waals surface area contributed by atoms with Crippen LogP contribution >= 0.6 is 0 Å². The number of hydrogen-bond donors (Lipinski definition) is 2. The molecule has 1 aromatic carbocycles. The zero-order chi connectivity index (χ0) is 12.0. The maximum absolute atomic E-state index is 11.6. The zero-order valence-corrected chi connectivity index (χ0v) is 9.99. The number of nitrogens with one attached hydrogen (secondary N) is 1. The minimum absolute atomic E-state index is 0.105. The van der Waals surface area contributed by atoms with Gasteiger partial charge < -0.3 is 11.1 Å². The molecule has 16 heavy (non-hydrogen) atoms. The van der Waals surface area contributed by atoms with Crippen molar-refractivity contribution in [1.29, 1.82) is 0 Å². The Kier molecular flexibility index (Phi) is 4.99. The third-order valence-electron chi connectivity index (χ3n) is 2.57. The SMILES string of the molecule is CCC[C@@H](N)C(=O)Nc1ccc(CC)cc1. The summed E-state index contributed by atoms with van der Waals surface area (Å²) in [5.41, 5.74) is 7.79. The van der Waals surface area contributed by atoms with Crippen molar-refractivity contribution in [3.63, 3.8) is 0 Å². The second-order valence-electron chi connectivity index (χ2n) is 3.93. The molecule has 0 aliphatic rings. The van der Waals surface area contributed by atoms with E-state index in [-0.39, 0.29) is 5.91 Å². The quantitative estimate of drug-likeness (QED) is 0.800. The standard InChI is InChI=1S/C13H20N2O/c1-3-5-12(14)13(16)15-11-8-6-10(4-2)7-9-11/h6-9,12H,3-5,14H2,1-2H3,(H,15,16)/t12-/m1/s1. The fourth-order valence-corrected chi connectivity index (χ4v) is 1.50. The summed E-state index contributed by atoms with van der Waals surface area (Å²) in [4.78, 5) is 11.6. The van der Waals surface area contributed by atoms with E-state index in [4.69, 9.17) is 5.73 Å². The summed E-state index contributed by atoms with van der Waals surface area (Å²) in [5.74, 6) is -0.105. The van der Waals surface area contributed by atoms with E-state index >= 15 is 0 Å². The van der Waals surface area contributed by atoms with E-state index in [2.05, 4.69) is 12.2 Å². The monoisotopic (exact) mass is 220 g/mol. The highest BCUT2D eigenvalue weighted by Gasteiger charge is 2.11. The summed E-state index contributed by atoms with van der Waals surface area (Å²) in [6.45, 7) is 4.12. The molecule has 0 saturated carbocycles. The Hall–Kier alpha value is -1.35. The first kappa shape index (κ1) is 12.7. The Morgan fingerprint density at radius 3 is 2.44 bits per heavy atom. The molecule has 0 heterocycles. The molecule has 88 valence electrons. The third kappa shape index (κ3) is 3.66. The molecule has 0 aromatic heterocycles. The van der Waals surface area contributed by atoms with Crippen LogP contribution in [0.2, 0.25) is 0 Å². The summed E-state index contributed by atoms with van der Waals surface area (Å²) < 4.78 is 0. The van der Waals surface area contributed by atoms with Crippen LogP contribution in [0.4, 0.5) is 5.69 Å². The van der Waals surface area contributed by atoms with Crippen molar-refractivity contribution in [3.05, 3.63) is 29.8 Å². The van der Waals surface area contributed by atoms with Crippen LogP contribution in [0.1, 0.15) is 32.3 Å². The fraction of sp³-hybridized carbons (Fsp3) is 0.462. The molecule has 1 amide bonds. The largest absolute Gasteiger partial charge is 0.325 e. The molecule has 0 aliphatic carbocycles. The summed E-state index contributed by atoms with van der Waals surface area (Å²) in [5, 5.41) is 2.81. The molecule has 0 bridgehead atoms. The van der Waals surface area contributed by atoms with Crippen molar-refractivity contribution in [3.8, 4) is 0 Å². The number of carbonyl (C=O) groups is 1. The van der Waals surface area contributed by atoms with Crippen molar-refractivity contribution < 1.29 is 4.79 Å². The molecule has 0 radical (unpaired) electrons. The smallest absolute Gasteiger partial charge is 0.241 e. The number of benzene rings is 1. The van der Waals surface area contributed by atoms with Gasteiger partial charge in [0.15, 0.2) is 0 Å². The Morgan fingerprint density at radius 2 is 1.94 bits per heavy atom. The van der Waals surface area contributed by atoms with Gasteiger partial charge in [-0.05, 0) is 30.5 Å². The summed E-state index contributed by atoms with van der Waals surface area (Å²) in [6, 6.07) is 7.45. The molecule has 0 unspecified atom stereocenters. The first-order valence-electron chi connectivity index (χ1n) is 5.82. The maximum Gasteiger partial charge on any atom is 0.241 e. The van der Waals surface area contributed by atoms with Crippen LogP contribution in [0.25, 0.3) is 0 Å². The maximum atomic E-state index is 11.6. The van der Waals surface area contributed by atoms with Gasteiger partial charge in [-0.2, -0.15) is 0 Å². The summed E-state index contributed by atoms with van der Waals surface area (Å²) >= 11 is 0. The molecular weight excluding hydrogens is 200 g/mol. The highest BCUT2D eigenvalue weighted by atomic mass is 16.2. The average Bonchev–Trinajstić information content (AvgIpc) is 2.30. The molecule has 3 N–H and O–H groups in total. The second kappa shape index (κ2) is 6.28. The summed E-state index contributed by atoms with van der Waals surface area (Å²) in [6.07, 6.45) is 2.64. The fourth-order valence-electron chi connectivity index (χ4n) is 1.50. The molecule has 1 atom stereocenters. The molecule has 0 spiro atoms. The van der Waals surface area contributed by atoms with Crippen LogP contribution in [-0.4, -0.2) is 11.9 Å². The molecule has 1 aromatic rings. The Labute approximate surface area is 97.0 Å². The molecule has 0 aliphatic heterocycles. The summed E-state index contributed by atoms with van der Waals surface area (Å²) in [7, 11) is 0. The van der Waals surface area contributed by atoms with Gasteiger partial charge in [0, 0.05) is 5.69 Å². The lowest BCUT2D eigenvalue weighted by Crippen LogP contribution is -2.35. The lowest BCUT2D eigenvalue weighted by atomic mass is 10.1. The minimum Gasteiger partial charge on any atom is -0.325 e. The van der Waals surface area contributed by atoms with Crippen molar-refractivity contribution in [2.75, 3.05) is 5.32 Å². The number of amides is 1. The highest BCUT2D eigenvalue weighted by Crippen LogP contribution is 2.10. The van der Waals surface area contributed by atoms with Crippen molar-refractivity contribution in [2.45, 2.75) is 39.2 Å². The van der Waals surface area contributed by atoms with Gasteiger partial charge in [-0.25, -0.2) is 0 Å². The van der Waals surface area contributed by atoms with Gasteiger partial charge in [0.2, 0.25) is 5.91 Å². The van der Waals surface area contributed by atoms with Crippen LogP contribution < -0.4 is 11.1 Å². The van der Waals surface area contributed by atoms with E-state index in [1.807, 2.05) is 31.2 Å². The first-order valence-corrected chi connectivity index (χ1v) is 5.82. The second-order valence-corrected chi connectivity index (χ2v) is 3.93. The van der Waals surface area contributed by atoms with Gasteiger partial charge in [0.1, 0.15) is 0 Å². The topological polar surface area (TPSA) is 55.1 Å². The van der Waals surface area contributed by atoms with Gasteiger partial charge in [-0.1, -0.05) is 32.4 Å². The van der Waals surface area contributed by atoms with Crippen LogP contribution in [0.15, 0.2) is 24.3 Å². The molecular formula is C13H20N2O. The molecule has 0 saturated heterocycles. The van der Waals surface area contributed by atoms with Crippen molar-refractivity contribution in [1.82, 2.24) is 0 Å². The zero-order valence-electron chi connectivity index (χ0n) is 9.99. The predicted molar refractivity (Wildman–Crippen MR) is 67.3 cm³/mol. The van der Waals surface area contributed by atoms with Gasteiger partial charge in [0.05, 0.1) is 6.04 Å². The van der Waals surface area contributed by atoms with Gasteiger partial charge >= 0.3 is 0 Å². The molecule has 3 heteroatoms. The van der Waals surface area contributed by atoms with E-state index in [1.54, 1.807) is 0 Å². The Morgan fingerprint density at radius 1 is 1.31 bits per heavy atom. The van der Waals surface area contributed by atoms with Crippen LogP contribution in [0, 0.1) is 0 Å². The molecule has 0 fully saturated rings. The van der Waals surface area contributed by atoms with E-state index in [0.717, 1.165) is 24.9 Å². The average molecular weight is 220 g/mol. The Balaban J connectivity index is 2.55. The van der Waals surface area contributed by atoms with E-state index in [1.165, 1.54) is 5.56 Å². The van der Waals surface area contributed by atoms with Crippen LogP contribution in [0.3, 0.4) is 0 Å². The van der Waals surface area contributed by atoms with Gasteiger partial charge in [-0.15, -0.1) is 0 Å². The van der Waals surface area contributed by atoms with E-state index in [0.29, 0.717) is 0 Å².